The molecule has 0 unspecified atom stereocenters. The molecule has 2 aromatic carbocycles. The first kappa shape index (κ1) is 4.27. The summed E-state index contributed by atoms with van der Waals surface area (Å²) in [7, 11) is 0. The summed E-state index contributed by atoms with van der Waals surface area (Å²) < 4.78 is 23.5. The first-order chi connectivity index (χ1) is 6.63. The van der Waals surface area contributed by atoms with E-state index >= 15 is 0 Å². The molecule has 0 nitrogen and oxygen atoms in total. The molecule has 0 saturated carbocycles. The highest BCUT2D eigenvalue weighted by Gasteiger charge is 1.93. The normalized spacial score (nSPS) is 14.1. The van der Waals surface area contributed by atoms with Crippen LogP contribution in [0.1, 0.15) is 4.11 Å². The minimum atomic E-state index is -0.0319. The molecule has 0 fully saturated rings. The fraction of sp³-hybridized carbons (Fsp3) is 0. The van der Waals surface area contributed by atoms with Crippen molar-refractivity contribution < 1.29 is 4.11 Å². The number of hydrogen-bond donors (Lipinski definition) is 0. The summed E-state index contributed by atoms with van der Waals surface area (Å²) in [6.45, 7) is 0. The Kier molecular flexibility index (Phi) is 1.03. The van der Waals surface area contributed by atoms with Crippen LogP contribution in [0.2, 0.25) is 0 Å². The smallest absolute Gasteiger partial charge is 0.0616 e. The summed E-state index contributed by atoms with van der Waals surface area (Å²) in [5, 5.41) is 1.53. The lowest BCUT2D eigenvalue weighted by Gasteiger charge is -1.97. The van der Waals surface area contributed by atoms with E-state index in [0.717, 1.165) is 5.39 Å². The first-order valence-corrected chi connectivity index (χ1v) is 4.06. The Labute approximate surface area is 78.2 Å². The second kappa shape index (κ2) is 2.67. The highest BCUT2D eigenvalue weighted by atomic mass is 79.9. The van der Waals surface area contributed by atoms with Gasteiger partial charge in [0.15, 0.2) is 0 Å². The van der Waals surface area contributed by atoms with Gasteiger partial charge in [0.25, 0.3) is 0 Å². The summed E-state index contributed by atoms with van der Waals surface area (Å²) >= 11 is 3.27. The van der Waals surface area contributed by atoms with E-state index in [2.05, 4.69) is 15.9 Å². The summed E-state index contributed by atoms with van der Waals surface area (Å²) in [5.74, 6) is 0. The van der Waals surface area contributed by atoms with Crippen LogP contribution in [-0.2, 0) is 0 Å². The Balaban J connectivity index is 3.02. The van der Waals surface area contributed by atoms with Crippen molar-refractivity contribution in [3.05, 3.63) is 46.9 Å². The maximum absolute atomic E-state index is 7.70. The maximum Gasteiger partial charge on any atom is 0.0635 e. The van der Waals surface area contributed by atoms with Crippen LogP contribution in [0.25, 0.3) is 10.8 Å². The Bertz CT molecular complexity index is 462. The van der Waals surface area contributed by atoms with Crippen molar-refractivity contribution in [3.8, 4) is 0 Å². The van der Waals surface area contributed by atoms with Gasteiger partial charge >= 0.3 is 0 Å². The molecule has 0 amide bonds. The standard InChI is InChI=1S/C10H7Br/c11-10-7-3-5-8-4-1-2-6-9(8)10/h1-7H/i3D,5D,7D. The van der Waals surface area contributed by atoms with Crippen LogP contribution in [0.5, 0.6) is 0 Å². The molecule has 54 valence electrons. The zero-order valence-electron chi connectivity index (χ0n) is 8.69. The van der Waals surface area contributed by atoms with Gasteiger partial charge in [-0.2, -0.15) is 0 Å². The molecule has 0 heterocycles. The van der Waals surface area contributed by atoms with Gasteiger partial charge in [0.05, 0.1) is 4.11 Å². The molecule has 0 aliphatic heterocycles. The van der Waals surface area contributed by atoms with Crippen LogP contribution in [-0.4, -0.2) is 0 Å². The van der Waals surface area contributed by atoms with Crippen molar-refractivity contribution in [1.82, 2.24) is 0 Å². The molecule has 0 radical (unpaired) electrons. The van der Waals surface area contributed by atoms with E-state index in [4.69, 9.17) is 4.11 Å². The van der Waals surface area contributed by atoms with Gasteiger partial charge in [-0.1, -0.05) is 52.3 Å². The Morgan fingerprint density at radius 1 is 1.18 bits per heavy atom. The van der Waals surface area contributed by atoms with Crippen molar-refractivity contribution in [2.75, 3.05) is 0 Å². The van der Waals surface area contributed by atoms with E-state index in [1.807, 2.05) is 18.2 Å². The molecule has 0 bridgehead atoms. The molecular formula is C10H7Br. The minimum absolute atomic E-state index is 0.0319. The van der Waals surface area contributed by atoms with Crippen LogP contribution in [0.4, 0.5) is 0 Å². The summed E-state index contributed by atoms with van der Waals surface area (Å²) in [5.41, 5.74) is 0. The van der Waals surface area contributed by atoms with Crippen molar-refractivity contribution in [3.63, 3.8) is 0 Å². The van der Waals surface area contributed by atoms with Crippen LogP contribution in [0.3, 0.4) is 0 Å². The predicted molar refractivity (Wildman–Crippen MR) is 51.6 cm³/mol. The molecule has 0 saturated heterocycles. The van der Waals surface area contributed by atoms with Gasteiger partial charge in [-0.25, -0.2) is 0 Å². The Morgan fingerprint density at radius 2 is 2.00 bits per heavy atom. The molecule has 0 aliphatic carbocycles. The van der Waals surface area contributed by atoms with Crippen molar-refractivity contribution in [2.24, 2.45) is 0 Å². The summed E-state index contributed by atoms with van der Waals surface area (Å²) in [4.78, 5) is 0. The molecule has 0 atom stereocenters. The zero-order chi connectivity index (χ0) is 10.3. The van der Waals surface area contributed by atoms with E-state index < -0.39 is 0 Å². The highest BCUT2D eigenvalue weighted by molar-refractivity contribution is 9.10. The number of rotatable bonds is 0. The van der Waals surface area contributed by atoms with Gasteiger partial charge in [0, 0.05) is 4.47 Å². The topological polar surface area (TPSA) is 0 Å². The van der Waals surface area contributed by atoms with Gasteiger partial charge in [-0.15, -0.1) is 0 Å². The van der Waals surface area contributed by atoms with Crippen molar-refractivity contribution in [2.45, 2.75) is 0 Å². The van der Waals surface area contributed by atoms with Gasteiger partial charge in [-0.05, 0) is 16.8 Å². The van der Waals surface area contributed by atoms with Crippen LogP contribution >= 0.6 is 15.9 Å². The number of hydrogen-bond acceptors (Lipinski definition) is 0. The van der Waals surface area contributed by atoms with Crippen LogP contribution in [0, 0.1) is 0 Å². The van der Waals surface area contributed by atoms with E-state index in [0.29, 0.717) is 9.86 Å². The molecule has 2 rings (SSSR count). The van der Waals surface area contributed by atoms with Gasteiger partial charge < -0.3 is 0 Å². The SMILES string of the molecule is [2H]c1c([2H])c(Br)c2ccccc2c1[2H]. The third-order valence-electron chi connectivity index (χ3n) is 1.53. The molecular weight excluding hydrogens is 200 g/mol. The quantitative estimate of drug-likeness (QED) is 0.623. The van der Waals surface area contributed by atoms with E-state index in [1.54, 1.807) is 6.07 Å². The van der Waals surface area contributed by atoms with Gasteiger partial charge in [-0.3, -0.25) is 0 Å². The number of halogens is 1. The van der Waals surface area contributed by atoms with E-state index in [1.165, 1.54) is 0 Å². The summed E-state index contributed by atoms with van der Waals surface area (Å²) in [6, 6.07) is 7.48. The van der Waals surface area contributed by atoms with Gasteiger partial charge in [0.2, 0.25) is 0 Å². The fourth-order valence-electron chi connectivity index (χ4n) is 1.00. The van der Waals surface area contributed by atoms with Crippen LogP contribution < -0.4 is 0 Å². The predicted octanol–water partition coefficient (Wildman–Crippen LogP) is 3.60. The number of fused-ring (bicyclic) bond motifs is 1. The fourth-order valence-corrected chi connectivity index (χ4v) is 1.45. The van der Waals surface area contributed by atoms with Crippen LogP contribution in [0.15, 0.2) is 46.9 Å². The van der Waals surface area contributed by atoms with E-state index in [9.17, 15) is 0 Å². The highest BCUT2D eigenvalue weighted by Crippen LogP contribution is 2.22. The molecule has 2 aromatic rings. The van der Waals surface area contributed by atoms with Gasteiger partial charge in [0.1, 0.15) is 0 Å². The Hall–Kier alpha value is -0.820. The summed E-state index contributed by atoms with van der Waals surface area (Å²) in [6.07, 6.45) is 0. The lowest BCUT2D eigenvalue weighted by molar-refractivity contribution is 1.71. The second-order valence-electron chi connectivity index (χ2n) is 2.23. The zero-order valence-corrected chi connectivity index (χ0v) is 7.27. The largest absolute Gasteiger partial charge is 0.0635 e. The minimum Gasteiger partial charge on any atom is -0.0616 e. The van der Waals surface area contributed by atoms with Crippen molar-refractivity contribution >= 4 is 26.7 Å². The molecule has 0 aliphatic rings. The average Bonchev–Trinajstić information content (AvgIpc) is 2.23. The first-order valence-electron chi connectivity index (χ1n) is 4.77. The monoisotopic (exact) mass is 209 g/mol. The molecule has 0 N–H and O–H groups in total. The molecule has 0 spiro atoms. The van der Waals surface area contributed by atoms with Crippen molar-refractivity contribution in [1.29, 1.82) is 0 Å². The third kappa shape index (κ3) is 1.16. The average molecular weight is 210 g/mol. The molecule has 0 aromatic heterocycles. The second-order valence-corrected chi connectivity index (χ2v) is 3.03. The number of benzene rings is 2. The lowest BCUT2D eigenvalue weighted by atomic mass is 10.1. The maximum atomic E-state index is 7.70. The van der Waals surface area contributed by atoms with E-state index in [-0.39, 0.29) is 18.1 Å². The lowest BCUT2D eigenvalue weighted by Crippen LogP contribution is -1.71. The Morgan fingerprint density at radius 3 is 2.91 bits per heavy atom. The third-order valence-corrected chi connectivity index (χ3v) is 2.16. The molecule has 1 heteroatoms. The molecule has 11 heavy (non-hydrogen) atoms.